The Labute approximate surface area is 118 Å². The Hall–Kier alpha value is -1.09. The topological polar surface area (TPSA) is 28.2 Å². The minimum absolute atomic E-state index is 0.473. The van der Waals surface area contributed by atoms with Crippen molar-refractivity contribution in [1.82, 2.24) is 10.3 Å². The highest BCUT2D eigenvalue weighted by Gasteiger charge is 2.10. The van der Waals surface area contributed by atoms with Crippen LogP contribution in [0.5, 0.6) is 0 Å². The number of aromatic nitrogens is 1. The number of nitrogens with one attached hydrogen (secondary N) is 1. The molecule has 1 heterocycles. The maximum absolute atomic E-state index is 4.83. The normalized spacial score (nSPS) is 11.1. The van der Waals surface area contributed by atoms with Crippen LogP contribution in [0.25, 0.3) is 0 Å². The van der Waals surface area contributed by atoms with Crippen molar-refractivity contribution < 1.29 is 0 Å². The second-order valence-electron chi connectivity index (χ2n) is 5.27. The first-order valence-electron chi connectivity index (χ1n) is 7.58. The Bertz CT molecular complexity index is 374. The standard InChI is InChI=1S/C16H29N3/c1-6-9-19(8-3)16-11-14(12-17-7-2)10-15(18-16)13(4)5/h10-11,13,17H,6-9,12H2,1-5H3. The molecule has 1 rings (SSSR count). The molecule has 0 saturated carbocycles. The predicted molar refractivity (Wildman–Crippen MR) is 83.9 cm³/mol. The van der Waals surface area contributed by atoms with E-state index in [4.69, 9.17) is 4.98 Å². The highest BCUT2D eigenvalue weighted by atomic mass is 15.2. The molecular formula is C16H29N3. The molecule has 1 aromatic heterocycles. The van der Waals surface area contributed by atoms with Gasteiger partial charge in [-0.05, 0) is 43.5 Å². The van der Waals surface area contributed by atoms with Crippen molar-refractivity contribution in [1.29, 1.82) is 0 Å². The fraction of sp³-hybridized carbons (Fsp3) is 0.688. The number of nitrogens with zero attached hydrogens (tertiary/aromatic N) is 2. The van der Waals surface area contributed by atoms with E-state index >= 15 is 0 Å². The SMILES string of the molecule is CCCN(CC)c1cc(CNCC)cc(C(C)C)n1. The molecule has 0 spiro atoms. The lowest BCUT2D eigenvalue weighted by Crippen LogP contribution is -2.25. The number of hydrogen-bond donors (Lipinski definition) is 1. The molecule has 0 aliphatic carbocycles. The van der Waals surface area contributed by atoms with Crippen LogP contribution in [0.3, 0.4) is 0 Å². The lowest BCUT2D eigenvalue weighted by molar-refractivity contribution is 0.714. The molecule has 1 N–H and O–H groups in total. The number of pyridine rings is 1. The molecule has 0 aromatic carbocycles. The number of hydrogen-bond acceptors (Lipinski definition) is 3. The Morgan fingerprint density at radius 2 is 1.95 bits per heavy atom. The highest BCUT2D eigenvalue weighted by Crippen LogP contribution is 2.20. The molecule has 0 aliphatic rings. The third kappa shape index (κ3) is 4.83. The molecule has 108 valence electrons. The predicted octanol–water partition coefficient (Wildman–Crippen LogP) is 3.55. The average molecular weight is 263 g/mol. The van der Waals surface area contributed by atoms with Crippen LogP contribution < -0.4 is 10.2 Å². The Kier molecular flexibility index (Phi) is 6.85. The third-order valence-corrected chi connectivity index (χ3v) is 3.26. The van der Waals surface area contributed by atoms with E-state index in [-0.39, 0.29) is 0 Å². The van der Waals surface area contributed by atoms with Gasteiger partial charge in [0.2, 0.25) is 0 Å². The first kappa shape index (κ1) is 16.0. The zero-order valence-electron chi connectivity index (χ0n) is 13.2. The van der Waals surface area contributed by atoms with Crippen molar-refractivity contribution in [2.75, 3.05) is 24.5 Å². The molecule has 0 bridgehead atoms. The summed E-state index contributed by atoms with van der Waals surface area (Å²) in [6.45, 7) is 15.0. The zero-order chi connectivity index (χ0) is 14.3. The fourth-order valence-electron chi connectivity index (χ4n) is 2.13. The summed E-state index contributed by atoms with van der Waals surface area (Å²) in [5.41, 5.74) is 2.53. The minimum Gasteiger partial charge on any atom is -0.357 e. The average Bonchev–Trinajstić information content (AvgIpc) is 2.42. The van der Waals surface area contributed by atoms with Gasteiger partial charge in [0.05, 0.1) is 0 Å². The van der Waals surface area contributed by atoms with Crippen LogP contribution in [0, 0.1) is 0 Å². The van der Waals surface area contributed by atoms with Crippen LogP contribution in [0.2, 0.25) is 0 Å². The van der Waals surface area contributed by atoms with E-state index in [1.165, 1.54) is 11.3 Å². The second kappa shape index (κ2) is 8.16. The second-order valence-corrected chi connectivity index (χ2v) is 5.27. The maximum atomic E-state index is 4.83. The lowest BCUT2D eigenvalue weighted by atomic mass is 10.1. The molecular weight excluding hydrogens is 234 g/mol. The Balaban J connectivity index is 3.03. The number of anilines is 1. The van der Waals surface area contributed by atoms with Crippen molar-refractivity contribution in [2.45, 2.75) is 53.5 Å². The van der Waals surface area contributed by atoms with E-state index in [1.807, 2.05) is 0 Å². The van der Waals surface area contributed by atoms with Crippen LogP contribution in [-0.4, -0.2) is 24.6 Å². The molecule has 19 heavy (non-hydrogen) atoms. The summed E-state index contributed by atoms with van der Waals surface area (Å²) in [7, 11) is 0. The van der Waals surface area contributed by atoms with Crippen LogP contribution in [0.4, 0.5) is 5.82 Å². The van der Waals surface area contributed by atoms with Gasteiger partial charge in [-0.1, -0.05) is 27.7 Å². The van der Waals surface area contributed by atoms with Gasteiger partial charge < -0.3 is 10.2 Å². The molecule has 0 unspecified atom stereocenters. The molecule has 3 nitrogen and oxygen atoms in total. The van der Waals surface area contributed by atoms with E-state index in [1.54, 1.807) is 0 Å². The summed E-state index contributed by atoms with van der Waals surface area (Å²) in [5, 5.41) is 3.40. The van der Waals surface area contributed by atoms with Gasteiger partial charge in [-0.25, -0.2) is 4.98 Å². The summed E-state index contributed by atoms with van der Waals surface area (Å²) in [6.07, 6.45) is 1.16. The quantitative estimate of drug-likeness (QED) is 0.777. The smallest absolute Gasteiger partial charge is 0.129 e. The van der Waals surface area contributed by atoms with Gasteiger partial charge in [-0.3, -0.25) is 0 Å². The van der Waals surface area contributed by atoms with Crippen LogP contribution in [0.15, 0.2) is 12.1 Å². The number of rotatable bonds is 8. The van der Waals surface area contributed by atoms with Gasteiger partial charge in [-0.15, -0.1) is 0 Å². The van der Waals surface area contributed by atoms with E-state index in [0.717, 1.165) is 38.4 Å². The first-order chi connectivity index (χ1) is 9.12. The molecule has 0 atom stereocenters. The van der Waals surface area contributed by atoms with Gasteiger partial charge >= 0.3 is 0 Å². The van der Waals surface area contributed by atoms with Gasteiger partial charge in [0.25, 0.3) is 0 Å². The maximum Gasteiger partial charge on any atom is 0.129 e. The summed E-state index contributed by atoms with van der Waals surface area (Å²) in [5.74, 6) is 1.60. The van der Waals surface area contributed by atoms with Crippen molar-refractivity contribution >= 4 is 5.82 Å². The highest BCUT2D eigenvalue weighted by molar-refractivity contribution is 5.43. The van der Waals surface area contributed by atoms with Crippen molar-refractivity contribution in [3.05, 3.63) is 23.4 Å². The van der Waals surface area contributed by atoms with E-state index in [0.29, 0.717) is 5.92 Å². The van der Waals surface area contributed by atoms with E-state index < -0.39 is 0 Å². The molecule has 0 amide bonds. The van der Waals surface area contributed by atoms with E-state index in [2.05, 4.69) is 57.0 Å². The van der Waals surface area contributed by atoms with Crippen LogP contribution in [0.1, 0.15) is 58.2 Å². The van der Waals surface area contributed by atoms with Gasteiger partial charge in [0.15, 0.2) is 0 Å². The summed E-state index contributed by atoms with van der Waals surface area (Å²) < 4.78 is 0. The molecule has 0 saturated heterocycles. The molecule has 0 fully saturated rings. The molecule has 0 radical (unpaired) electrons. The molecule has 0 aliphatic heterocycles. The van der Waals surface area contributed by atoms with Crippen molar-refractivity contribution in [2.24, 2.45) is 0 Å². The Morgan fingerprint density at radius 3 is 2.47 bits per heavy atom. The summed E-state index contributed by atoms with van der Waals surface area (Å²) in [4.78, 5) is 7.19. The molecule has 3 heteroatoms. The van der Waals surface area contributed by atoms with Gasteiger partial charge in [0.1, 0.15) is 5.82 Å². The fourth-order valence-corrected chi connectivity index (χ4v) is 2.13. The van der Waals surface area contributed by atoms with Crippen molar-refractivity contribution in [3.63, 3.8) is 0 Å². The summed E-state index contributed by atoms with van der Waals surface area (Å²) in [6, 6.07) is 4.46. The third-order valence-electron chi connectivity index (χ3n) is 3.26. The van der Waals surface area contributed by atoms with Crippen LogP contribution >= 0.6 is 0 Å². The zero-order valence-corrected chi connectivity index (χ0v) is 13.2. The molecule has 1 aromatic rings. The Morgan fingerprint density at radius 1 is 1.21 bits per heavy atom. The van der Waals surface area contributed by atoms with Gasteiger partial charge in [-0.2, -0.15) is 0 Å². The monoisotopic (exact) mass is 263 g/mol. The van der Waals surface area contributed by atoms with E-state index in [9.17, 15) is 0 Å². The summed E-state index contributed by atoms with van der Waals surface area (Å²) >= 11 is 0. The van der Waals surface area contributed by atoms with Crippen molar-refractivity contribution in [3.8, 4) is 0 Å². The minimum atomic E-state index is 0.473. The largest absolute Gasteiger partial charge is 0.357 e. The van der Waals surface area contributed by atoms with Crippen LogP contribution in [-0.2, 0) is 6.54 Å². The lowest BCUT2D eigenvalue weighted by Gasteiger charge is -2.23. The van der Waals surface area contributed by atoms with Gasteiger partial charge in [0, 0.05) is 25.3 Å². The first-order valence-corrected chi connectivity index (χ1v) is 7.58.